The molecule has 0 spiro atoms. The number of nitro benzene ring substituents is 1. The average Bonchev–Trinajstić information content (AvgIpc) is 2.77. The van der Waals surface area contributed by atoms with Crippen LogP contribution < -0.4 is 0 Å². The van der Waals surface area contributed by atoms with Crippen molar-refractivity contribution in [1.29, 1.82) is 0 Å². The standard InChI is InChI=1S/C11H9N3O4/c1-7-2-3-9(14(17)18)10(4-7)13-5-8(11(15)16)12-6-13/h2-6H,1H3,(H,15,16). The topological polar surface area (TPSA) is 98.3 Å². The monoisotopic (exact) mass is 247 g/mol. The van der Waals surface area contributed by atoms with Crippen molar-refractivity contribution in [2.24, 2.45) is 0 Å². The number of hydrogen-bond acceptors (Lipinski definition) is 4. The van der Waals surface area contributed by atoms with Gasteiger partial charge < -0.3 is 5.11 Å². The first-order valence-corrected chi connectivity index (χ1v) is 5.02. The molecule has 92 valence electrons. The van der Waals surface area contributed by atoms with Gasteiger partial charge in [-0.25, -0.2) is 9.78 Å². The van der Waals surface area contributed by atoms with E-state index in [0.29, 0.717) is 5.69 Å². The number of rotatable bonds is 3. The van der Waals surface area contributed by atoms with Gasteiger partial charge in [-0.15, -0.1) is 0 Å². The van der Waals surface area contributed by atoms with E-state index in [-0.39, 0.29) is 11.4 Å². The summed E-state index contributed by atoms with van der Waals surface area (Å²) in [4.78, 5) is 24.8. The summed E-state index contributed by atoms with van der Waals surface area (Å²) in [5.41, 5.74) is 0.863. The summed E-state index contributed by atoms with van der Waals surface area (Å²) in [5.74, 6) is -1.18. The summed E-state index contributed by atoms with van der Waals surface area (Å²) in [6.45, 7) is 1.79. The maximum atomic E-state index is 10.9. The summed E-state index contributed by atoms with van der Waals surface area (Å²) in [6.07, 6.45) is 2.48. The maximum Gasteiger partial charge on any atom is 0.356 e. The molecule has 0 aliphatic heterocycles. The molecule has 0 unspecified atom stereocenters. The van der Waals surface area contributed by atoms with E-state index in [2.05, 4.69) is 4.98 Å². The highest BCUT2D eigenvalue weighted by molar-refractivity contribution is 5.85. The Bertz CT molecular complexity index is 633. The van der Waals surface area contributed by atoms with E-state index in [4.69, 9.17) is 5.11 Å². The molecule has 0 radical (unpaired) electrons. The number of aromatic nitrogens is 2. The number of nitrogens with zero attached hydrogens (tertiary/aromatic N) is 3. The molecule has 0 atom stereocenters. The second kappa shape index (κ2) is 4.28. The highest BCUT2D eigenvalue weighted by Crippen LogP contribution is 2.24. The number of carboxylic acids is 1. The predicted octanol–water partition coefficient (Wildman–Crippen LogP) is 1.79. The molecule has 18 heavy (non-hydrogen) atoms. The Labute approximate surface area is 101 Å². The first-order valence-electron chi connectivity index (χ1n) is 5.02. The van der Waals surface area contributed by atoms with Gasteiger partial charge in [-0.2, -0.15) is 0 Å². The van der Waals surface area contributed by atoms with Crippen LogP contribution in [0.5, 0.6) is 0 Å². The minimum absolute atomic E-state index is 0.102. The van der Waals surface area contributed by atoms with E-state index < -0.39 is 10.9 Å². The average molecular weight is 247 g/mol. The van der Waals surface area contributed by atoms with Gasteiger partial charge in [0.25, 0.3) is 5.69 Å². The lowest BCUT2D eigenvalue weighted by Crippen LogP contribution is -1.99. The summed E-state index contributed by atoms with van der Waals surface area (Å²) in [7, 11) is 0. The van der Waals surface area contributed by atoms with Gasteiger partial charge in [0.2, 0.25) is 0 Å². The fourth-order valence-corrected chi connectivity index (χ4v) is 1.56. The Morgan fingerprint density at radius 2 is 2.22 bits per heavy atom. The molecule has 1 aromatic carbocycles. The van der Waals surface area contributed by atoms with Gasteiger partial charge in [0, 0.05) is 12.3 Å². The zero-order valence-corrected chi connectivity index (χ0v) is 9.40. The minimum Gasteiger partial charge on any atom is -0.476 e. The van der Waals surface area contributed by atoms with Gasteiger partial charge in [0.05, 0.1) is 4.92 Å². The van der Waals surface area contributed by atoms with Gasteiger partial charge in [0.1, 0.15) is 12.0 Å². The second-order valence-corrected chi connectivity index (χ2v) is 3.72. The Balaban J connectivity index is 2.57. The smallest absolute Gasteiger partial charge is 0.356 e. The van der Waals surface area contributed by atoms with Gasteiger partial charge >= 0.3 is 5.97 Å². The molecule has 2 rings (SSSR count). The fraction of sp³-hybridized carbons (Fsp3) is 0.0909. The second-order valence-electron chi connectivity index (χ2n) is 3.72. The van der Waals surface area contributed by atoms with Crippen molar-refractivity contribution in [1.82, 2.24) is 9.55 Å². The van der Waals surface area contributed by atoms with Crippen LogP contribution in [-0.2, 0) is 0 Å². The Morgan fingerprint density at radius 3 is 2.78 bits per heavy atom. The van der Waals surface area contributed by atoms with E-state index in [1.807, 2.05) is 0 Å². The largest absolute Gasteiger partial charge is 0.476 e. The van der Waals surface area contributed by atoms with Crippen LogP contribution in [0.2, 0.25) is 0 Å². The number of nitro groups is 1. The number of aryl methyl sites for hydroxylation is 1. The molecular formula is C11H9N3O4. The molecule has 0 fully saturated rings. The SMILES string of the molecule is Cc1ccc([N+](=O)[O-])c(-n2cnc(C(=O)O)c2)c1. The van der Waals surface area contributed by atoms with E-state index >= 15 is 0 Å². The summed E-state index contributed by atoms with van der Waals surface area (Å²) >= 11 is 0. The first kappa shape index (κ1) is 11.8. The molecule has 2 aromatic rings. The highest BCUT2D eigenvalue weighted by atomic mass is 16.6. The fourth-order valence-electron chi connectivity index (χ4n) is 1.56. The lowest BCUT2D eigenvalue weighted by Gasteiger charge is -2.04. The zero-order chi connectivity index (χ0) is 13.3. The molecule has 0 amide bonds. The Morgan fingerprint density at radius 1 is 1.50 bits per heavy atom. The van der Waals surface area contributed by atoms with Crippen LogP contribution in [0.25, 0.3) is 5.69 Å². The van der Waals surface area contributed by atoms with Crippen molar-refractivity contribution in [3.05, 3.63) is 52.1 Å². The highest BCUT2D eigenvalue weighted by Gasteiger charge is 2.16. The molecule has 0 bridgehead atoms. The zero-order valence-electron chi connectivity index (χ0n) is 9.40. The Kier molecular flexibility index (Phi) is 2.80. The number of carboxylic acid groups (broad SMARTS) is 1. The number of carbonyl (C=O) groups is 1. The van der Waals surface area contributed by atoms with Gasteiger partial charge in [0.15, 0.2) is 5.69 Å². The molecule has 1 N–H and O–H groups in total. The van der Waals surface area contributed by atoms with E-state index in [1.165, 1.54) is 23.2 Å². The molecule has 1 heterocycles. The number of hydrogen-bond donors (Lipinski definition) is 1. The summed E-state index contributed by atoms with van der Waals surface area (Å²) in [6, 6.07) is 4.60. The van der Waals surface area contributed by atoms with Crippen LogP contribution in [0.1, 0.15) is 16.1 Å². The third-order valence-electron chi connectivity index (χ3n) is 2.41. The molecule has 1 aromatic heterocycles. The van der Waals surface area contributed by atoms with Crippen molar-refractivity contribution >= 4 is 11.7 Å². The quantitative estimate of drug-likeness (QED) is 0.658. The van der Waals surface area contributed by atoms with Crippen LogP contribution in [-0.4, -0.2) is 25.6 Å². The first-order chi connectivity index (χ1) is 8.49. The number of aromatic carboxylic acids is 1. The van der Waals surface area contributed by atoms with Crippen LogP contribution in [0.3, 0.4) is 0 Å². The van der Waals surface area contributed by atoms with Crippen LogP contribution >= 0.6 is 0 Å². The lowest BCUT2D eigenvalue weighted by atomic mass is 10.2. The molecule has 7 heteroatoms. The van der Waals surface area contributed by atoms with Crippen molar-refractivity contribution in [3.8, 4) is 5.69 Å². The number of imidazole rings is 1. The van der Waals surface area contributed by atoms with E-state index in [9.17, 15) is 14.9 Å². The molecule has 0 saturated heterocycles. The minimum atomic E-state index is -1.18. The summed E-state index contributed by atoms with van der Waals surface area (Å²) in [5, 5.41) is 19.7. The van der Waals surface area contributed by atoms with E-state index in [0.717, 1.165) is 5.56 Å². The summed E-state index contributed by atoms with van der Waals surface area (Å²) < 4.78 is 1.33. The lowest BCUT2D eigenvalue weighted by molar-refractivity contribution is -0.384. The van der Waals surface area contributed by atoms with Gasteiger partial charge in [-0.05, 0) is 18.6 Å². The van der Waals surface area contributed by atoms with Crippen molar-refractivity contribution in [2.75, 3.05) is 0 Å². The molecule has 0 aliphatic carbocycles. The predicted molar refractivity (Wildman–Crippen MR) is 61.9 cm³/mol. The van der Waals surface area contributed by atoms with Crippen LogP contribution in [0, 0.1) is 17.0 Å². The Hall–Kier alpha value is -2.70. The molecule has 7 nitrogen and oxygen atoms in total. The van der Waals surface area contributed by atoms with E-state index in [1.54, 1.807) is 19.1 Å². The normalized spacial score (nSPS) is 10.3. The number of benzene rings is 1. The molecule has 0 saturated carbocycles. The third-order valence-corrected chi connectivity index (χ3v) is 2.41. The van der Waals surface area contributed by atoms with Crippen molar-refractivity contribution < 1.29 is 14.8 Å². The van der Waals surface area contributed by atoms with Gasteiger partial charge in [-0.1, -0.05) is 6.07 Å². The van der Waals surface area contributed by atoms with Gasteiger partial charge in [-0.3, -0.25) is 14.7 Å². The van der Waals surface area contributed by atoms with Crippen LogP contribution in [0.15, 0.2) is 30.7 Å². The molecular weight excluding hydrogens is 238 g/mol. The molecule has 0 aliphatic rings. The van der Waals surface area contributed by atoms with Crippen LogP contribution in [0.4, 0.5) is 5.69 Å². The van der Waals surface area contributed by atoms with Crippen molar-refractivity contribution in [3.63, 3.8) is 0 Å². The third kappa shape index (κ3) is 2.05. The maximum absolute atomic E-state index is 10.9. The van der Waals surface area contributed by atoms with Crippen molar-refractivity contribution in [2.45, 2.75) is 6.92 Å².